The molecule has 1 heterocycles. The topological polar surface area (TPSA) is 51.9 Å². The zero-order valence-electron chi connectivity index (χ0n) is 13.2. The lowest BCUT2D eigenvalue weighted by Gasteiger charge is -2.30. The Morgan fingerprint density at radius 3 is 2.57 bits per heavy atom. The number of rotatable bonds is 5. The average Bonchev–Trinajstić information content (AvgIpc) is 2.91. The number of amides is 1. The van der Waals surface area contributed by atoms with Crippen LogP contribution in [0.2, 0.25) is 0 Å². The van der Waals surface area contributed by atoms with Crippen molar-refractivity contribution < 1.29 is 18.8 Å². The van der Waals surface area contributed by atoms with Gasteiger partial charge in [-0.15, -0.1) is 0 Å². The lowest BCUT2D eigenvalue weighted by atomic mass is 9.95. The minimum absolute atomic E-state index is 0.110. The van der Waals surface area contributed by atoms with Crippen LogP contribution in [0.5, 0.6) is 5.75 Å². The largest absolute Gasteiger partial charge is 0.462 e. The van der Waals surface area contributed by atoms with E-state index in [-0.39, 0.29) is 6.04 Å². The fourth-order valence-electron chi connectivity index (χ4n) is 2.80. The first kappa shape index (κ1) is 15.9. The van der Waals surface area contributed by atoms with Crippen LogP contribution in [0.1, 0.15) is 57.5 Å². The van der Waals surface area contributed by atoms with Gasteiger partial charge < -0.3 is 9.15 Å². The first-order valence-electron chi connectivity index (χ1n) is 7.86. The summed E-state index contributed by atoms with van der Waals surface area (Å²) in [6, 6.07) is 1.91. The van der Waals surface area contributed by atoms with Crippen LogP contribution >= 0.6 is 0 Å². The third-order valence-electron chi connectivity index (χ3n) is 3.97. The van der Waals surface area contributed by atoms with E-state index in [4.69, 9.17) is 14.0 Å². The van der Waals surface area contributed by atoms with Gasteiger partial charge in [0.2, 0.25) is 0 Å². The SMILES string of the molecule is CCc1cc(OC(=O)N(OC)C2CCCCC2)c(CC)o1. The molecule has 1 aliphatic carbocycles. The van der Waals surface area contributed by atoms with E-state index >= 15 is 0 Å². The van der Waals surface area contributed by atoms with Gasteiger partial charge in [-0.25, -0.2) is 4.79 Å². The molecule has 1 fully saturated rings. The normalized spacial score (nSPS) is 16.0. The maximum Gasteiger partial charge on any atom is 0.439 e. The first-order chi connectivity index (χ1) is 10.2. The van der Waals surface area contributed by atoms with E-state index in [1.54, 1.807) is 6.07 Å². The molecule has 0 aromatic carbocycles. The number of carbonyl (C=O) groups excluding carboxylic acids is 1. The number of hydroxylamine groups is 2. The molecule has 1 aromatic rings. The van der Waals surface area contributed by atoms with Crippen molar-refractivity contribution in [2.75, 3.05) is 7.11 Å². The summed E-state index contributed by atoms with van der Waals surface area (Å²) in [7, 11) is 1.52. The van der Waals surface area contributed by atoms with Crippen LogP contribution in [-0.4, -0.2) is 24.3 Å². The molecule has 0 saturated heterocycles. The Balaban J connectivity index is 2.06. The quantitative estimate of drug-likeness (QED) is 0.767. The van der Waals surface area contributed by atoms with Crippen LogP contribution < -0.4 is 4.74 Å². The summed E-state index contributed by atoms with van der Waals surface area (Å²) in [4.78, 5) is 17.6. The molecule has 1 saturated carbocycles. The molecule has 1 aliphatic rings. The zero-order chi connectivity index (χ0) is 15.2. The van der Waals surface area contributed by atoms with E-state index in [0.717, 1.165) is 37.9 Å². The second-order valence-corrected chi connectivity index (χ2v) is 5.38. The number of aryl methyl sites for hydroxylation is 2. The molecule has 0 unspecified atom stereocenters. The second kappa shape index (κ2) is 7.50. The van der Waals surface area contributed by atoms with Gasteiger partial charge in [-0.05, 0) is 12.8 Å². The molecule has 1 amide bonds. The van der Waals surface area contributed by atoms with Gasteiger partial charge in [0.05, 0.1) is 13.2 Å². The maximum absolute atomic E-state index is 12.3. The molecular weight excluding hydrogens is 270 g/mol. The number of hydrogen-bond donors (Lipinski definition) is 0. The van der Waals surface area contributed by atoms with Crippen molar-refractivity contribution in [2.24, 2.45) is 0 Å². The molecule has 0 bridgehead atoms. The molecule has 1 aromatic heterocycles. The highest BCUT2D eigenvalue weighted by Crippen LogP contribution is 2.27. The first-order valence-corrected chi connectivity index (χ1v) is 7.86. The third kappa shape index (κ3) is 3.79. The van der Waals surface area contributed by atoms with Crippen LogP contribution in [-0.2, 0) is 17.7 Å². The summed E-state index contributed by atoms with van der Waals surface area (Å²) in [6.07, 6.45) is 6.44. The molecule has 5 heteroatoms. The van der Waals surface area contributed by atoms with Crippen molar-refractivity contribution in [1.82, 2.24) is 5.06 Å². The highest BCUT2D eigenvalue weighted by atomic mass is 16.7. The van der Waals surface area contributed by atoms with Crippen LogP contribution in [0, 0.1) is 0 Å². The molecule has 0 N–H and O–H groups in total. The van der Waals surface area contributed by atoms with Crippen LogP contribution in [0.15, 0.2) is 10.5 Å². The molecule has 21 heavy (non-hydrogen) atoms. The van der Waals surface area contributed by atoms with Crippen LogP contribution in [0.25, 0.3) is 0 Å². The second-order valence-electron chi connectivity index (χ2n) is 5.38. The smallest absolute Gasteiger partial charge is 0.439 e. The van der Waals surface area contributed by atoms with Crippen LogP contribution in [0.4, 0.5) is 4.79 Å². The molecule has 0 radical (unpaired) electrons. The number of ether oxygens (including phenoxy) is 1. The average molecular weight is 295 g/mol. The highest BCUT2D eigenvalue weighted by molar-refractivity contribution is 5.70. The molecule has 5 nitrogen and oxygen atoms in total. The minimum atomic E-state index is -0.456. The highest BCUT2D eigenvalue weighted by Gasteiger charge is 2.28. The summed E-state index contributed by atoms with van der Waals surface area (Å²) in [5.41, 5.74) is 0. The van der Waals surface area contributed by atoms with Gasteiger partial charge in [-0.2, -0.15) is 5.06 Å². The molecule has 2 rings (SSSR count). The number of hydrogen-bond acceptors (Lipinski definition) is 4. The van der Waals surface area contributed by atoms with E-state index in [2.05, 4.69) is 0 Å². The Morgan fingerprint density at radius 1 is 1.29 bits per heavy atom. The van der Waals surface area contributed by atoms with Crippen LogP contribution in [0.3, 0.4) is 0 Å². The van der Waals surface area contributed by atoms with Gasteiger partial charge in [0.1, 0.15) is 11.5 Å². The van der Waals surface area contributed by atoms with E-state index < -0.39 is 6.09 Å². The van der Waals surface area contributed by atoms with Crippen molar-refractivity contribution in [2.45, 2.75) is 64.8 Å². The van der Waals surface area contributed by atoms with Crippen molar-refractivity contribution >= 4 is 6.09 Å². The van der Waals surface area contributed by atoms with Crippen molar-refractivity contribution in [3.63, 3.8) is 0 Å². The Bertz CT molecular complexity index is 463. The summed E-state index contributed by atoms with van der Waals surface area (Å²) in [5.74, 6) is 2.05. The van der Waals surface area contributed by atoms with E-state index in [1.807, 2.05) is 13.8 Å². The van der Waals surface area contributed by atoms with E-state index in [9.17, 15) is 4.79 Å². The minimum Gasteiger partial charge on any atom is -0.462 e. The number of carbonyl (C=O) groups is 1. The van der Waals surface area contributed by atoms with Gasteiger partial charge in [0.25, 0.3) is 0 Å². The Hall–Kier alpha value is -1.49. The van der Waals surface area contributed by atoms with Crippen molar-refractivity contribution in [3.05, 3.63) is 17.6 Å². The maximum atomic E-state index is 12.3. The van der Waals surface area contributed by atoms with Gasteiger partial charge in [-0.1, -0.05) is 33.1 Å². The summed E-state index contributed by atoms with van der Waals surface area (Å²) in [6.45, 7) is 3.98. The lowest BCUT2D eigenvalue weighted by Crippen LogP contribution is -2.42. The van der Waals surface area contributed by atoms with Crippen molar-refractivity contribution in [1.29, 1.82) is 0 Å². The monoisotopic (exact) mass is 295 g/mol. The van der Waals surface area contributed by atoms with Gasteiger partial charge in [0, 0.05) is 18.9 Å². The van der Waals surface area contributed by atoms with Crippen molar-refractivity contribution in [3.8, 4) is 5.75 Å². The van der Waals surface area contributed by atoms with Gasteiger partial charge in [-0.3, -0.25) is 4.84 Å². The van der Waals surface area contributed by atoms with E-state index in [0.29, 0.717) is 17.9 Å². The Morgan fingerprint density at radius 2 is 2.00 bits per heavy atom. The summed E-state index contributed by atoms with van der Waals surface area (Å²) in [5, 5.41) is 1.37. The molecular formula is C16H25NO4. The molecule has 118 valence electrons. The molecule has 0 aliphatic heterocycles. The Labute approximate surface area is 126 Å². The lowest BCUT2D eigenvalue weighted by molar-refractivity contribution is -0.135. The van der Waals surface area contributed by atoms with E-state index in [1.165, 1.54) is 18.6 Å². The van der Waals surface area contributed by atoms with Gasteiger partial charge in [0.15, 0.2) is 5.75 Å². The van der Waals surface area contributed by atoms with Gasteiger partial charge >= 0.3 is 6.09 Å². The predicted molar refractivity (Wildman–Crippen MR) is 79.2 cm³/mol. The summed E-state index contributed by atoms with van der Waals surface area (Å²) < 4.78 is 11.1. The Kier molecular flexibility index (Phi) is 5.67. The fraction of sp³-hybridized carbons (Fsp3) is 0.688. The zero-order valence-corrected chi connectivity index (χ0v) is 13.2. The third-order valence-corrected chi connectivity index (χ3v) is 3.97. The number of furan rings is 1. The molecule has 0 atom stereocenters. The standard InChI is InChI=1S/C16H25NO4/c1-4-13-11-15(14(5-2)20-13)21-16(18)17(19-3)12-9-7-6-8-10-12/h11-12H,4-10H2,1-3H3. The number of nitrogens with zero attached hydrogens (tertiary/aromatic N) is 1. The molecule has 0 spiro atoms. The predicted octanol–water partition coefficient (Wildman–Crippen LogP) is 4.10. The summed E-state index contributed by atoms with van der Waals surface area (Å²) >= 11 is 0. The fourth-order valence-corrected chi connectivity index (χ4v) is 2.80.